The molecule has 0 spiro atoms. The van der Waals surface area contributed by atoms with Crippen molar-refractivity contribution in [2.75, 3.05) is 0 Å². The molecule has 0 radical (unpaired) electrons. The van der Waals surface area contributed by atoms with Crippen LogP contribution in [0.2, 0.25) is 0 Å². The molecule has 0 heteroatoms. The maximum Gasteiger partial charge on any atom is 0.0314 e. The molecule has 15 heavy (non-hydrogen) atoms. The van der Waals surface area contributed by atoms with Gasteiger partial charge >= 0.3 is 0 Å². The predicted molar refractivity (Wildman–Crippen MR) is 67.3 cm³/mol. The molecule has 76 valence electrons. The van der Waals surface area contributed by atoms with E-state index in [1.807, 2.05) is 42.5 Å². The highest BCUT2D eigenvalue weighted by Gasteiger charge is 1.93. The lowest BCUT2D eigenvalue weighted by molar-refractivity contribution is 0.959. The molecule has 0 atom stereocenters. The molecule has 0 aliphatic heterocycles. The van der Waals surface area contributed by atoms with Gasteiger partial charge in [0.2, 0.25) is 0 Å². The lowest BCUT2D eigenvalue weighted by atomic mass is 10.1. The van der Waals surface area contributed by atoms with Crippen LogP contribution >= 0.6 is 0 Å². The Kier molecular flexibility index (Phi) is 5.04. The first kappa shape index (κ1) is 11.3. The van der Waals surface area contributed by atoms with Crippen LogP contribution in [0.25, 0.3) is 5.57 Å². The number of unbranched alkanes of at least 4 members (excludes halogenated alkanes) is 1. The Hall–Kier alpha value is -1.74. The summed E-state index contributed by atoms with van der Waals surface area (Å²) in [5, 5.41) is 0. The third-order valence-electron chi connectivity index (χ3n) is 2.09. The van der Waals surface area contributed by atoms with Crippen LogP contribution in [0.15, 0.2) is 48.6 Å². The van der Waals surface area contributed by atoms with E-state index in [0.717, 1.165) is 17.6 Å². The van der Waals surface area contributed by atoms with Gasteiger partial charge in [-0.05, 0) is 18.1 Å². The lowest BCUT2D eigenvalue weighted by Gasteiger charge is -1.97. The minimum atomic E-state index is 0.933. The minimum Gasteiger partial charge on any atom is -0.115 e. The Morgan fingerprint density at radius 1 is 1.33 bits per heavy atom. The Bertz CT molecular complexity index is 374. The van der Waals surface area contributed by atoms with Crippen molar-refractivity contribution in [3.05, 3.63) is 54.1 Å². The number of rotatable bonds is 4. The van der Waals surface area contributed by atoms with Gasteiger partial charge in [-0.3, -0.25) is 0 Å². The molecule has 0 saturated heterocycles. The highest BCUT2D eigenvalue weighted by Crippen LogP contribution is 2.12. The minimum absolute atomic E-state index is 0.933. The summed E-state index contributed by atoms with van der Waals surface area (Å²) in [7, 11) is 0. The lowest BCUT2D eigenvalue weighted by Crippen LogP contribution is -1.78. The number of allylic oxidation sites excluding steroid dienone is 4. The highest BCUT2D eigenvalue weighted by molar-refractivity contribution is 5.79. The zero-order valence-electron chi connectivity index (χ0n) is 9.11. The molecule has 0 aliphatic carbocycles. The normalized spacial score (nSPS) is 11.6. The Morgan fingerprint density at radius 3 is 2.67 bits per heavy atom. The van der Waals surface area contributed by atoms with Crippen molar-refractivity contribution in [2.45, 2.75) is 19.8 Å². The van der Waals surface area contributed by atoms with Gasteiger partial charge in [0.15, 0.2) is 0 Å². The zero-order valence-corrected chi connectivity index (χ0v) is 9.11. The first-order valence-electron chi connectivity index (χ1n) is 5.27. The third kappa shape index (κ3) is 3.87. The molecule has 0 aliphatic rings. The van der Waals surface area contributed by atoms with E-state index in [-0.39, 0.29) is 0 Å². The van der Waals surface area contributed by atoms with Gasteiger partial charge in [-0.25, -0.2) is 0 Å². The topological polar surface area (TPSA) is 0 Å². The molecular formula is C15H16. The number of benzene rings is 1. The second-order valence-electron chi connectivity index (χ2n) is 3.31. The molecule has 0 unspecified atom stereocenters. The van der Waals surface area contributed by atoms with E-state index >= 15 is 0 Å². The van der Waals surface area contributed by atoms with E-state index in [9.17, 15) is 0 Å². The summed E-state index contributed by atoms with van der Waals surface area (Å²) >= 11 is 0. The molecule has 0 amide bonds. The molecule has 0 aromatic heterocycles. The van der Waals surface area contributed by atoms with Gasteiger partial charge < -0.3 is 0 Å². The second-order valence-corrected chi connectivity index (χ2v) is 3.31. The summed E-state index contributed by atoms with van der Waals surface area (Å²) in [6.45, 7) is 2.16. The van der Waals surface area contributed by atoms with Crippen LogP contribution in [0.1, 0.15) is 25.3 Å². The maximum atomic E-state index is 5.47. The molecule has 1 aromatic carbocycles. The Labute approximate surface area is 92.3 Å². The quantitative estimate of drug-likeness (QED) is 0.503. The highest BCUT2D eigenvalue weighted by atomic mass is 14.0. The predicted octanol–water partition coefficient (Wildman–Crippen LogP) is 4.06. The van der Waals surface area contributed by atoms with Crippen molar-refractivity contribution < 1.29 is 0 Å². The number of hydrogen-bond donors (Lipinski definition) is 0. The van der Waals surface area contributed by atoms with Crippen molar-refractivity contribution in [1.29, 1.82) is 0 Å². The van der Waals surface area contributed by atoms with E-state index in [1.54, 1.807) is 0 Å². The van der Waals surface area contributed by atoms with Crippen molar-refractivity contribution in [1.82, 2.24) is 0 Å². The fraction of sp³-hybridized carbons (Fsp3) is 0.200. The first-order valence-corrected chi connectivity index (χ1v) is 5.27. The van der Waals surface area contributed by atoms with Crippen LogP contribution in [0.4, 0.5) is 0 Å². The van der Waals surface area contributed by atoms with Crippen molar-refractivity contribution >= 4 is 5.57 Å². The Morgan fingerprint density at radius 2 is 2.07 bits per heavy atom. The fourth-order valence-corrected chi connectivity index (χ4v) is 1.27. The second kappa shape index (κ2) is 6.68. The van der Waals surface area contributed by atoms with E-state index < -0.39 is 0 Å². The molecule has 0 fully saturated rings. The summed E-state index contributed by atoms with van der Waals surface area (Å²) < 4.78 is 0. The average molecular weight is 196 g/mol. The molecular weight excluding hydrogens is 180 g/mol. The summed E-state index contributed by atoms with van der Waals surface area (Å²) in [5.41, 5.74) is 2.03. The van der Waals surface area contributed by atoms with E-state index in [4.69, 9.17) is 6.42 Å². The van der Waals surface area contributed by atoms with Gasteiger partial charge in [0.1, 0.15) is 0 Å². The molecule has 0 nitrogen and oxygen atoms in total. The summed E-state index contributed by atoms with van der Waals surface area (Å²) in [6, 6.07) is 10.0. The van der Waals surface area contributed by atoms with E-state index in [0.29, 0.717) is 0 Å². The van der Waals surface area contributed by atoms with Crippen LogP contribution in [0.5, 0.6) is 0 Å². The van der Waals surface area contributed by atoms with Crippen LogP contribution in [-0.4, -0.2) is 0 Å². The van der Waals surface area contributed by atoms with Gasteiger partial charge in [-0.1, -0.05) is 61.7 Å². The maximum absolute atomic E-state index is 5.47. The van der Waals surface area contributed by atoms with Crippen LogP contribution in [-0.2, 0) is 0 Å². The van der Waals surface area contributed by atoms with Crippen LogP contribution < -0.4 is 0 Å². The molecule has 0 saturated carbocycles. The number of hydrogen-bond acceptors (Lipinski definition) is 0. The van der Waals surface area contributed by atoms with Crippen molar-refractivity contribution in [2.24, 2.45) is 0 Å². The van der Waals surface area contributed by atoms with Gasteiger partial charge in [0, 0.05) is 5.57 Å². The standard InChI is InChI=1S/C15H16/c1-3-5-6-8-11-14(4-2)15-12-9-7-10-13-15/h2,6-13H,3,5H2,1H3/b8-6+,14-11+. The van der Waals surface area contributed by atoms with Crippen LogP contribution in [0, 0.1) is 12.3 Å². The van der Waals surface area contributed by atoms with Crippen LogP contribution in [0.3, 0.4) is 0 Å². The monoisotopic (exact) mass is 196 g/mol. The van der Waals surface area contributed by atoms with Gasteiger partial charge in [0.05, 0.1) is 0 Å². The Balaban J connectivity index is 2.77. The van der Waals surface area contributed by atoms with Gasteiger partial charge in [-0.15, -0.1) is 6.42 Å². The third-order valence-corrected chi connectivity index (χ3v) is 2.09. The average Bonchev–Trinajstić information content (AvgIpc) is 2.30. The molecule has 1 rings (SSSR count). The summed E-state index contributed by atoms with van der Waals surface area (Å²) in [4.78, 5) is 0. The fourth-order valence-electron chi connectivity index (χ4n) is 1.27. The first-order chi connectivity index (χ1) is 7.38. The van der Waals surface area contributed by atoms with Gasteiger partial charge in [0.25, 0.3) is 0 Å². The van der Waals surface area contributed by atoms with Gasteiger partial charge in [-0.2, -0.15) is 0 Å². The number of terminal acetylenes is 1. The smallest absolute Gasteiger partial charge is 0.0314 e. The van der Waals surface area contributed by atoms with Crippen molar-refractivity contribution in [3.8, 4) is 12.3 Å². The van der Waals surface area contributed by atoms with E-state index in [2.05, 4.69) is 18.9 Å². The molecule has 0 bridgehead atoms. The molecule has 0 N–H and O–H groups in total. The SMILES string of the molecule is C#C/C(=C\C=C\CCC)c1ccccc1. The van der Waals surface area contributed by atoms with Crippen molar-refractivity contribution in [3.63, 3.8) is 0 Å². The zero-order chi connectivity index (χ0) is 10.9. The molecule has 0 heterocycles. The molecule has 1 aromatic rings. The summed E-state index contributed by atoms with van der Waals surface area (Å²) in [5.74, 6) is 2.71. The summed E-state index contributed by atoms with van der Waals surface area (Å²) in [6.07, 6.45) is 13.9. The largest absolute Gasteiger partial charge is 0.115 e. The van der Waals surface area contributed by atoms with E-state index in [1.165, 1.54) is 6.42 Å².